The van der Waals surface area contributed by atoms with Crippen molar-refractivity contribution in [2.75, 3.05) is 39.4 Å². The minimum absolute atomic E-state index is 0.149. The highest BCUT2D eigenvalue weighted by molar-refractivity contribution is 5.82. The summed E-state index contributed by atoms with van der Waals surface area (Å²) >= 11 is 0. The van der Waals surface area contributed by atoms with Crippen molar-refractivity contribution >= 4 is 22.5 Å². The number of halogens is 1. The Kier molecular flexibility index (Phi) is 4.91. The van der Waals surface area contributed by atoms with E-state index < -0.39 is 5.82 Å². The predicted octanol–water partition coefficient (Wildman–Crippen LogP) is 0.842. The minimum Gasteiger partial charge on any atom is -0.379 e. The van der Waals surface area contributed by atoms with Gasteiger partial charge in [-0.05, 0) is 30.3 Å². The van der Waals surface area contributed by atoms with E-state index in [1.165, 1.54) is 16.7 Å². The Bertz CT molecular complexity index is 1040. The first-order chi connectivity index (χ1) is 13.1. The second-order valence-corrected chi connectivity index (χ2v) is 6.59. The molecule has 1 aromatic carbocycles. The zero-order valence-electron chi connectivity index (χ0n) is 14.9. The number of fused-ring (bicyclic) bond motifs is 3. The monoisotopic (exact) mass is 372 g/mol. The van der Waals surface area contributed by atoms with Crippen LogP contribution in [0.1, 0.15) is 0 Å². The zero-order chi connectivity index (χ0) is 18.8. The maximum atomic E-state index is 13.8. The van der Waals surface area contributed by atoms with Gasteiger partial charge in [0.15, 0.2) is 0 Å². The fourth-order valence-corrected chi connectivity index (χ4v) is 3.46. The van der Waals surface area contributed by atoms with Crippen LogP contribution >= 0.6 is 0 Å². The third-order valence-electron chi connectivity index (χ3n) is 4.86. The SMILES string of the molecule is O=C(Cn1c(=O)c2cccn2c2ccc(F)cc21)NCCN1CCOCC1. The molecule has 1 N–H and O–H groups in total. The van der Waals surface area contributed by atoms with Crippen molar-refractivity contribution in [2.45, 2.75) is 6.54 Å². The van der Waals surface area contributed by atoms with Gasteiger partial charge >= 0.3 is 0 Å². The van der Waals surface area contributed by atoms with Gasteiger partial charge in [-0.25, -0.2) is 4.39 Å². The quantitative estimate of drug-likeness (QED) is 0.721. The molecule has 0 saturated carbocycles. The molecule has 3 heterocycles. The molecule has 1 fully saturated rings. The van der Waals surface area contributed by atoms with Crippen LogP contribution in [0.25, 0.3) is 16.6 Å². The highest BCUT2D eigenvalue weighted by Gasteiger charge is 2.15. The molecular formula is C19H21FN4O3. The van der Waals surface area contributed by atoms with Crippen molar-refractivity contribution in [3.05, 3.63) is 52.7 Å². The topological polar surface area (TPSA) is 68.0 Å². The number of hydrogen-bond acceptors (Lipinski definition) is 4. The number of nitrogens with zero attached hydrogens (tertiary/aromatic N) is 3. The Morgan fingerprint density at radius 3 is 2.78 bits per heavy atom. The first-order valence-electron chi connectivity index (χ1n) is 8.99. The van der Waals surface area contributed by atoms with Gasteiger partial charge in [0.25, 0.3) is 5.56 Å². The average molecular weight is 372 g/mol. The van der Waals surface area contributed by atoms with Crippen molar-refractivity contribution in [3.8, 4) is 0 Å². The lowest BCUT2D eigenvalue weighted by Crippen LogP contribution is -2.42. The van der Waals surface area contributed by atoms with Gasteiger partial charge in [-0.1, -0.05) is 0 Å². The van der Waals surface area contributed by atoms with Crippen molar-refractivity contribution in [3.63, 3.8) is 0 Å². The highest BCUT2D eigenvalue weighted by Crippen LogP contribution is 2.16. The van der Waals surface area contributed by atoms with Crippen LogP contribution in [-0.2, 0) is 16.1 Å². The summed E-state index contributed by atoms with van der Waals surface area (Å²) in [6.07, 6.45) is 1.75. The number of carbonyl (C=O) groups is 1. The van der Waals surface area contributed by atoms with Gasteiger partial charge in [0.05, 0.1) is 24.2 Å². The number of carbonyl (C=O) groups excluding carboxylic acids is 1. The van der Waals surface area contributed by atoms with Crippen molar-refractivity contribution in [1.82, 2.24) is 19.2 Å². The molecule has 1 aliphatic rings. The molecule has 0 atom stereocenters. The average Bonchev–Trinajstić information content (AvgIpc) is 3.16. The summed E-state index contributed by atoms with van der Waals surface area (Å²) in [5, 5.41) is 2.85. The molecule has 7 nitrogen and oxygen atoms in total. The standard InChI is InChI=1S/C19H21FN4O3/c20-14-3-4-15-17(12-14)24(19(26)16-2-1-6-23(15)16)13-18(25)21-5-7-22-8-10-27-11-9-22/h1-4,6,12H,5,7-11,13H2,(H,21,25). The van der Waals surface area contributed by atoms with Gasteiger partial charge < -0.3 is 14.5 Å². The van der Waals surface area contributed by atoms with Crippen LogP contribution in [0.15, 0.2) is 41.3 Å². The van der Waals surface area contributed by atoms with Crippen LogP contribution in [0.2, 0.25) is 0 Å². The summed E-state index contributed by atoms with van der Waals surface area (Å²) in [6, 6.07) is 7.70. The van der Waals surface area contributed by atoms with E-state index in [1.807, 2.05) is 0 Å². The van der Waals surface area contributed by atoms with Crippen LogP contribution in [0.3, 0.4) is 0 Å². The molecule has 0 unspecified atom stereocenters. The molecule has 1 amide bonds. The minimum atomic E-state index is -0.449. The number of rotatable bonds is 5. The molecule has 0 spiro atoms. The maximum absolute atomic E-state index is 13.8. The van der Waals surface area contributed by atoms with E-state index in [9.17, 15) is 14.0 Å². The van der Waals surface area contributed by atoms with Gasteiger partial charge in [-0.3, -0.25) is 19.1 Å². The summed E-state index contributed by atoms with van der Waals surface area (Å²) in [7, 11) is 0. The number of benzene rings is 1. The molecular weight excluding hydrogens is 351 g/mol. The van der Waals surface area contributed by atoms with Crippen LogP contribution in [0.5, 0.6) is 0 Å². The molecule has 4 rings (SSSR count). The van der Waals surface area contributed by atoms with Crippen molar-refractivity contribution < 1.29 is 13.9 Å². The van der Waals surface area contributed by atoms with E-state index in [1.54, 1.807) is 28.8 Å². The van der Waals surface area contributed by atoms with Gasteiger partial charge in [-0.2, -0.15) is 0 Å². The van der Waals surface area contributed by atoms with E-state index in [4.69, 9.17) is 4.74 Å². The van der Waals surface area contributed by atoms with Crippen molar-refractivity contribution in [1.29, 1.82) is 0 Å². The Balaban J connectivity index is 1.55. The molecule has 142 valence electrons. The van der Waals surface area contributed by atoms with Crippen LogP contribution < -0.4 is 10.9 Å². The third-order valence-corrected chi connectivity index (χ3v) is 4.86. The van der Waals surface area contributed by atoms with Gasteiger partial charge in [0.1, 0.15) is 17.9 Å². The molecule has 8 heteroatoms. The highest BCUT2D eigenvalue weighted by atomic mass is 19.1. The van der Waals surface area contributed by atoms with Gasteiger partial charge in [0.2, 0.25) is 5.91 Å². The summed E-state index contributed by atoms with van der Waals surface area (Å²) in [6.45, 7) is 4.19. The number of aromatic nitrogens is 2. The number of hydrogen-bond donors (Lipinski definition) is 1. The smallest absolute Gasteiger partial charge is 0.275 e. The maximum Gasteiger partial charge on any atom is 0.275 e. The molecule has 0 aliphatic carbocycles. The van der Waals surface area contributed by atoms with E-state index in [0.717, 1.165) is 19.6 Å². The summed E-state index contributed by atoms with van der Waals surface area (Å²) in [5.41, 5.74) is 1.21. The molecule has 2 aromatic heterocycles. The second-order valence-electron chi connectivity index (χ2n) is 6.59. The van der Waals surface area contributed by atoms with Crippen LogP contribution in [-0.4, -0.2) is 59.2 Å². The Morgan fingerprint density at radius 1 is 1.15 bits per heavy atom. The Morgan fingerprint density at radius 2 is 1.96 bits per heavy atom. The number of nitrogens with one attached hydrogen (secondary N) is 1. The molecule has 1 saturated heterocycles. The van der Waals surface area contributed by atoms with Gasteiger partial charge in [0, 0.05) is 32.4 Å². The third kappa shape index (κ3) is 3.58. The van der Waals surface area contributed by atoms with E-state index in [0.29, 0.717) is 36.3 Å². The summed E-state index contributed by atoms with van der Waals surface area (Å²) in [4.78, 5) is 27.4. The van der Waals surface area contributed by atoms with E-state index in [2.05, 4.69) is 10.2 Å². The molecule has 1 aliphatic heterocycles. The number of amides is 1. The second kappa shape index (κ2) is 7.50. The largest absolute Gasteiger partial charge is 0.379 e. The predicted molar refractivity (Wildman–Crippen MR) is 99.4 cm³/mol. The molecule has 0 radical (unpaired) electrons. The summed E-state index contributed by atoms with van der Waals surface area (Å²) < 4.78 is 22.1. The Hall–Kier alpha value is -2.71. The molecule has 27 heavy (non-hydrogen) atoms. The fraction of sp³-hybridized carbons (Fsp3) is 0.368. The molecule has 0 bridgehead atoms. The van der Waals surface area contributed by atoms with Gasteiger partial charge in [-0.15, -0.1) is 0 Å². The van der Waals surface area contributed by atoms with Crippen LogP contribution in [0, 0.1) is 5.82 Å². The number of ether oxygens (including phenoxy) is 1. The molecule has 3 aromatic rings. The zero-order valence-corrected chi connectivity index (χ0v) is 14.9. The lowest BCUT2D eigenvalue weighted by Gasteiger charge is -2.26. The lowest BCUT2D eigenvalue weighted by molar-refractivity contribution is -0.121. The normalized spacial score (nSPS) is 15.4. The Labute approximate surface area is 154 Å². The van der Waals surface area contributed by atoms with Crippen molar-refractivity contribution in [2.24, 2.45) is 0 Å². The number of morpholine rings is 1. The first kappa shape index (κ1) is 17.7. The lowest BCUT2D eigenvalue weighted by atomic mass is 10.2. The first-order valence-corrected chi connectivity index (χ1v) is 8.99. The van der Waals surface area contributed by atoms with E-state index >= 15 is 0 Å². The fourth-order valence-electron chi connectivity index (χ4n) is 3.46. The summed E-state index contributed by atoms with van der Waals surface area (Å²) in [5.74, 6) is -0.721. The van der Waals surface area contributed by atoms with E-state index in [-0.39, 0.29) is 18.0 Å². The van der Waals surface area contributed by atoms with Crippen LogP contribution in [0.4, 0.5) is 4.39 Å².